The minimum Gasteiger partial charge on any atom is -0.493 e. The van der Waals surface area contributed by atoms with E-state index in [1.807, 2.05) is 6.07 Å². The molecule has 0 bridgehead atoms. The number of sulfonamides is 1. The average Bonchev–Trinajstić information content (AvgIpc) is 2.63. The molecule has 26 heavy (non-hydrogen) atoms. The Kier molecular flexibility index (Phi) is 4.65. The Morgan fingerprint density at radius 1 is 1.15 bits per heavy atom. The summed E-state index contributed by atoms with van der Waals surface area (Å²) in [4.78, 5) is 2.53. The summed E-state index contributed by atoms with van der Waals surface area (Å²) in [5.74, 6) is 1.98. The zero-order valence-electron chi connectivity index (χ0n) is 15.8. The van der Waals surface area contributed by atoms with Gasteiger partial charge in [-0.15, -0.1) is 0 Å². The molecule has 0 amide bonds. The van der Waals surface area contributed by atoms with Gasteiger partial charge in [-0.3, -0.25) is 4.90 Å². The standard InChI is InChI=1S/C19H28N2O4S/c1-24-17-7-6-13-8-10-20-12-14-5-4-9-21(26(3,22)23)15(14)11-16(20)18(13)19(17)25-2/h6-7,14-16H,4-5,8-12H2,1-3H3/t14-,15+,16+/m1/s1. The molecule has 0 radical (unpaired) electrons. The molecule has 0 spiro atoms. The van der Waals surface area contributed by atoms with Crippen molar-refractivity contribution in [2.45, 2.75) is 37.8 Å². The number of methoxy groups -OCH3 is 2. The first kappa shape index (κ1) is 18.1. The number of fused-ring (bicyclic) bond motifs is 4. The molecular formula is C19H28N2O4S. The maximum Gasteiger partial charge on any atom is 0.211 e. The van der Waals surface area contributed by atoms with E-state index < -0.39 is 10.0 Å². The second-order valence-electron chi connectivity index (χ2n) is 7.71. The summed E-state index contributed by atoms with van der Waals surface area (Å²) in [6.07, 6.45) is 5.25. The second-order valence-corrected chi connectivity index (χ2v) is 9.65. The molecule has 1 aromatic rings. The summed E-state index contributed by atoms with van der Waals surface area (Å²) in [7, 11) is 0.167. The first-order valence-electron chi connectivity index (χ1n) is 9.38. The lowest BCUT2D eigenvalue weighted by Gasteiger charge is -2.51. The van der Waals surface area contributed by atoms with Gasteiger partial charge in [0.2, 0.25) is 10.0 Å². The molecule has 1 aromatic carbocycles. The zero-order chi connectivity index (χ0) is 18.5. The van der Waals surface area contributed by atoms with Gasteiger partial charge in [-0.25, -0.2) is 8.42 Å². The maximum absolute atomic E-state index is 12.3. The van der Waals surface area contributed by atoms with Crippen LogP contribution >= 0.6 is 0 Å². The first-order valence-corrected chi connectivity index (χ1v) is 11.2. The topological polar surface area (TPSA) is 59.1 Å². The van der Waals surface area contributed by atoms with Crippen molar-refractivity contribution in [3.63, 3.8) is 0 Å². The molecule has 3 aliphatic rings. The van der Waals surface area contributed by atoms with Gasteiger partial charge in [0.15, 0.2) is 11.5 Å². The molecule has 4 rings (SSSR count). The smallest absolute Gasteiger partial charge is 0.211 e. The highest BCUT2D eigenvalue weighted by atomic mass is 32.2. The van der Waals surface area contributed by atoms with Gasteiger partial charge in [-0.2, -0.15) is 4.31 Å². The predicted octanol–water partition coefficient (Wildman–Crippen LogP) is 2.05. The quantitative estimate of drug-likeness (QED) is 0.803. The second kappa shape index (κ2) is 6.69. The van der Waals surface area contributed by atoms with Gasteiger partial charge in [0.1, 0.15) is 0 Å². The Morgan fingerprint density at radius 2 is 1.96 bits per heavy atom. The van der Waals surface area contributed by atoms with Crippen molar-refractivity contribution in [2.75, 3.05) is 40.1 Å². The highest BCUT2D eigenvalue weighted by Gasteiger charge is 2.46. The fraction of sp³-hybridized carbons (Fsp3) is 0.684. The molecule has 3 aliphatic heterocycles. The first-order chi connectivity index (χ1) is 12.4. The largest absolute Gasteiger partial charge is 0.493 e. The van der Waals surface area contributed by atoms with Crippen LogP contribution in [0, 0.1) is 5.92 Å². The third kappa shape index (κ3) is 2.90. The van der Waals surface area contributed by atoms with Crippen molar-refractivity contribution in [1.29, 1.82) is 0 Å². The molecule has 0 aromatic heterocycles. The Balaban J connectivity index is 1.74. The van der Waals surface area contributed by atoms with E-state index in [1.54, 1.807) is 18.5 Å². The fourth-order valence-electron chi connectivity index (χ4n) is 5.23. The summed E-state index contributed by atoms with van der Waals surface area (Å²) >= 11 is 0. The van der Waals surface area contributed by atoms with Gasteiger partial charge in [-0.1, -0.05) is 6.07 Å². The third-order valence-corrected chi connectivity index (χ3v) is 7.65. The lowest BCUT2D eigenvalue weighted by molar-refractivity contribution is 0.0211. The van der Waals surface area contributed by atoms with E-state index in [0.29, 0.717) is 12.5 Å². The van der Waals surface area contributed by atoms with Crippen molar-refractivity contribution >= 4 is 10.0 Å². The van der Waals surface area contributed by atoms with Crippen LogP contribution in [0.2, 0.25) is 0 Å². The molecular weight excluding hydrogens is 352 g/mol. The van der Waals surface area contributed by atoms with Gasteiger partial charge < -0.3 is 9.47 Å². The summed E-state index contributed by atoms with van der Waals surface area (Å²) in [5.41, 5.74) is 2.49. The van der Waals surface area contributed by atoms with Crippen LogP contribution < -0.4 is 9.47 Å². The van der Waals surface area contributed by atoms with E-state index in [9.17, 15) is 8.42 Å². The van der Waals surface area contributed by atoms with Crippen LogP contribution in [0.4, 0.5) is 0 Å². The molecule has 3 atom stereocenters. The van der Waals surface area contributed by atoms with Gasteiger partial charge in [0.25, 0.3) is 0 Å². The summed E-state index contributed by atoms with van der Waals surface area (Å²) in [6, 6.07) is 4.38. The van der Waals surface area contributed by atoms with E-state index in [1.165, 1.54) is 17.4 Å². The third-order valence-electron chi connectivity index (χ3n) is 6.34. The monoisotopic (exact) mass is 380 g/mol. The molecule has 0 aliphatic carbocycles. The Bertz CT molecular complexity index is 795. The summed E-state index contributed by atoms with van der Waals surface area (Å²) in [6.45, 7) is 2.63. The number of ether oxygens (including phenoxy) is 2. The number of nitrogens with zero attached hydrogens (tertiary/aromatic N) is 2. The number of rotatable bonds is 3. The van der Waals surface area contributed by atoms with Crippen molar-refractivity contribution in [3.05, 3.63) is 23.3 Å². The lowest BCUT2D eigenvalue weighted by atomic mass is 9.77. The van der Waals surface area contributed by atoms with Crippen molar-refractivity contribution in [2.24, 2.45) is 5.92 Å². The van der Waals surface area contributed by atoms with Crippen molar-refractivity contribution < 1.29 is 17.9 Å². The molecule has 3 heterocycles. The van der Waals surface area contributed by atoms with E-state index in [0.717, 1.165) is 50.3 Å². The maximum atomic E-state index is 12.3. The van der Waals surface area contributed by atoms with Crippen LogP contribution in [0.5, 0.6) is 11.5 Å². The average molecular weight is 381 g/mol. The van der Waals surface area contributed by atoms with Gasteiger partial charge in [-0.05, 0) is 43.2 Å². The zero-order valence-corrected chi connectivity index (χ0v) is 16.6. The van der Waals surface area contributed by atoms with Crippen LogP contribution in [0.3, 0.4) is 0 Å². The molecule has 0 N–H and O–H groups in total. The fourth-order valence-corrected chi connectivity index (χ4v) is 6.44. The Morgan fingerprint density at radius 3 is 2.65 bits per heavy atom. The molecule has 144 valence electrons. The van der Waals surface area contributed by atoms with Crippen LogP contribution in [0.25, 0.3) is 0 Å². The number of hydrogen-bond donors (Lipinski definition) is 0. The van der Waals surface area contributed by atoms with Gasteiger partial charge >= 0.3 is 0 Å². The summed E-state index contributed by atoms with van der Waals surface area (Å²) in [5, 5.41) is 0. The Labute approximate surface area is 156 Å². The molecule has 2 saturated heterocycles. The molecule has 7 heteroatoms. The molecule has 0 saturated carbocycles. The number of hydrogen-bond acceptors (Lipinski definition) is 5. The summed E-state index contributed by atoms with van der Waals surface area (Å²) < 4.78 is 37.7. The van der Waals surface area contributed by atoms with Gasteiger partial charge in [0, 0.05) is 37.3 Å². The highest BCUT2D eigenvalue weighted by molar-refractivity contribution is 7.88. The SMILES string of the molecule is COc1ccc2c(c1OC)[C@@H]1C[C@H]3[C@H](CCCN3S(C)(=O)=O)CN1CC2. The van der Waals surface area contributed by atoms with E-state index >= 15 is 0 Å². The number of benzene rings is 1. The van der Waals surface area contributed by atoms with Crippen LogP contribution in [0.15, 0.2) is 12.1 Å². The van der Waals surface area contributed by atoms with Crippen LogP contribution in [-0.4, -0.2) is 63.8 Å². The van der Waals surface area contributed by atoms with Crippen LogP contribution in [-0.2, 0) is 16.4 Å². The van der Waals surface area contributed by atoms with Crippen LogP contribution in [0.1, 0.15) is 36.4 Å². The van der Waals surface area contributed by atoms with E-state index in [2.05, 4.69) is 11.0 Å². The van der Waals surface area contributed by atoms with Crippen molar-refractivity contribution in [3.8, 4) is 11.5 Å². The Hall–Kier alpha value is -1.31. The molecule has 0 unspecified atom stereocenters. The molecule has 6 nitrogen and oxygen atoms in total. The molecule has 2 fully saturated rings. The minimum atomic E-state index is -3.18. The van der Waals surface area contributed by atoms with E-state index in [4.69, 9.17) is 9.47 Å². The van der Waals surface area contributed by atoms with Gasteiger partial charge in [0.05, 0.1) is 20.5 Å². The highest BCUT2D eigenvalue weighted by Crippen LogP contribution is 2.48. The van der Waals surface area contributed by atoms with Crippen molar-refractivity contribution in [1.82, 2.24) is 9.21 Å². The minimum absolute atomic E-state index is 0.0851. The normalized spacial score (nSPS) is 29.4. The number of piperidine rings is 2. The predicted molar refractivity (Wildman–Crippen MR) is 100 cm³/mol. The van der Waals surface area contributed by atoms with E-state index in [-0.39, 0.29) is 12.1 Å². The lowest BCUT2D eigenvalue weighted by Crippen LogP contribution is -2.57.